The van der Waals surface area contributed by atoms with Crippen LogP contribution in [-0.4, -0.2) is 27.0 Å². The van der Waals surface area contributed by atoms with Crippen molar-refractivity contribution in [2.24, 2.45) is 0 Å². The summed E-state index contributed by atoms with van der Waals surface area (Å²) in [5, 5.41) is 2.96. The minimum Gasteiger partial charge on any atom is -0.494 e. The van der Waals surface area contributed by atoms with Crippen molar-refractivity contribution in [1.82, 2.24) is 14.5 Å². The summed E-state index contributed by atoms with van der Waals surface area (Å²) in [6.07, 6.45) is 7.34. The van der Waals surface area contributed by atoms with Crippen molar-refractivity contribution in [3.63, 3.8) is 0 Å². The van der Waals surface area contributed by atoms with E-state index in [4.69, 9.17) is 4.74 Å². The van der Waals surface area contributed by atoms with Gasteiger partial charge in [0.1, 0.15) is 11.6 Å². The molecule has 1 aliphatic heterocycles. The number of benzene rings is 1. The highest BCUT2D eigenvalue weighted by Crippen LogP contribution is 2.35. The summed E-state index contributed by atoms with van der Waals surface area (Å²) in [4.78, 5) is 20.5. The Bertz CT molecular complexity index is 924. The van der Waals surface area contributed by atoms with Crippen LogP contribution in [0.1, 0.15) is 42.4 Å². The Hall–Kier alpha value is -3.02. The number of aromatic amines is 1. The highest BCUT2D eigenvalue weighted by atomic mass is 16.5. The molecule has 0 spiro atoms. The van der Waals surface area contributed by atoms with E-state index in [0.29, 0.717) is 18.2 Å². The lowest BCUT2D eigenvalue weighted by Gasteiger charge is -2.22. The number of imidazole rings is 1. The van der Waals surface area contributed by atoms with Gasteiger partial charge in [-0.1, -0.05) is 6.92 Å². The molecule has 6 heteroatoms. The number of fused-ring (bicyclic) bond motifs is 3. The third kappa shape index (κ3) is 2.87. The number of aromatic nitrogens is 3. The third-order valence-electron chi connectivity index (χ3n) is 4.66. The Labute approximate surface area is 152 Å². The number of amides is 1. The average Bonchev–Trinajstić information content (AvgIpc) is 3.28. The van der Waals surface area contributed by atoms with Gasteiger partial charge < -0.3 is 19.6 Å². The van der Waals surface area contributed by atoms with Crippen LogP contribution in [-0.2, 0) is 6.42 Å². The maximum absolute atomic E-state index is 12.8. The molecular formula is C20H22N4O2. The van der Waals surface area contributed by atoms with E-state index in [1.54, 1.807) is 12.4 Å². The predicted molar refractivity (Wildman–Crippen MR) is 101 cm³/mol. The predicted octanol–water partition coefficient (Wildman–Crippen LogP) is 4.04. The molecule has 0 saturated heterocycles. The number of nitrogens with zero attached hydrogens (tertiary/aromatic N) is 2. The van der Waals surface area contributed by atoms with Crippen LogP contribution in [0.3, 0.4) is 0 Å². The van der Waals surface area contributed by atoms with E-state index in [2.05, 4.69) is 33.7 Å². The van der Waals surface area contributed by atoms with Crippen molar-refractivity contribution in [3.05, 3.63) is 54.1 Å². The van der Waals surface area contributed by atoms with Crippen molar-refractivity contribution in [2.45, 2.75) is 32.7 Å². The molecule has 3 aromatic rings. The second kappa shape index (κ2) is 6.71. The molecule has 26 heavy (non-hydrogen) atoms. The monoisotopic (exact) mass is 350 g/mol. The quantitative estimate of drug-likeness (QED) is 0.729. The Morgan fingerprint density at radius 2 is 2.19 bits per heavy atom. The van der Waals surface area contributed by atoms with Gasteiger partial charge >= 0.3 is 0 Å². The first-order chi connectivity index (χ1) is 12.7. The summed E-state index contributed by atoms with van der Waals surface area (Å²) in [6.45, 7) is 4.90. The third-order valence-corrected chi connectivity index (χ3v) is 4.66. The normalized spacial score (nSPS) is 15.2. The van der Waals surface area contributed by atoms with Crippen molar-refractivity contribution >= 4 is 11.6 Å². The largest absolute Gasteiger partial charge is 0.494 e. The molecule has 0 bridgehead atoms. The Morgan fingerprint density at radius 1 is 1.38 bits per heavy atom. The minimum absolute atomic E-state index is 0.145. The molecule has 1 atom stereocenters. The van der Waals surface area contributed by atoms with Gasteiger partial charge in [-0.2, -0.15) is 0 Å². The van der Waals surface area contributed by atoms with Crippen LogP contribution < -0.4 is 10.1 Å². The van der Waals surface area contributed by atoms with Gasteiger partial charge in [0.15, 0.2) is 0 Å². The van der Waals surface area contributed by atoms with Crippen LogP contribution in [0.5, 0.6) is 5.75 Å². The van der Waals surface area contributed by atoms with E-state index in [-0.39, 0.29) is 5.91 Å². The number of nitrogens with one attached hydrogen (secondary N) is 2. The molecule has 4 rings (SSSR count). The van der Waals surface area contributed by atoms with Crippen LogP contribution in [0.15, 0.2) is 42.9 Å². The lowest BCUT2D eigenvalue weighted by molar-refractivity contribution is 0.102. The average molecular weight is 350 g/mol. The van der Waals surface area contributed by atoms with Crippen LogP contribution >= 0.6 is 0 Å². The smallest absolute Gasteiger partial charge is 0.257 e. The van der Waals surface area contributed by atoms with Crippen molar-refractivity contribution in [2.75, 3.05) is 11.9 Å². The fourth-order valence-electron chi connectivity index (χ4n) is 3.37. The van der Waals surface area contributed by atoms with Crippen LogP contribution in [0, 0.1) is 0 Å². The molecule has 1 aliphatic rings. The van der Waals surface area contributed by atoms with Crippen LogP contribution in [0.4, 0.5) is 5.69 Å². The molecule has 2 N–H and O–H groups in total. The summed E-state index contributed by atoms with van der Waals surface area (Å²) in [6, 6.07) is 7.76. The standard InChI is InChI=1S/C20H22N4O2/c1-3-10-26-15-6-4-14(5-7-15)23-20(25)16-12-22-17-11-13(2)24-9-8-21-19(24)18(16)17/h4-9,12-13,22H,3,10-11H2,1-2H3,(H,23,25)/t13-/m0/s1. The molecule has 0 aliphatic carbocycles. The van der Waals surface area contributed by atoms with Gasteiger partial charge in [0.05, 0.1) is 17.7 Å². The molecule has 6 nitrogen and oxygen atoms in total. The summed E-state index contributed by atoms with van der Waals surface area (Å²) in [5.41, 5.74) is 3.31. The Balaban J connectivity index is 1.56. The summed E-state index contributed by atoms with van der Waals surface area (Å²) >= 11 is 0. The van der Waals surface area contributed by atoms with Crippen LogP contribution in [0.25, 0.3) is 11.4 Å². The minimum atomic E-state index is -0.145. The molecule has 2 aromatic heterocycles. The van der Waals surface area contributed by atoms with Gasteiger partial charge in [-0.25, -0.2) is 4.98 Å². The van der Waals surface area contributed by atoms with E-state index >= 15 is 0 Å². The topological polar surface area (TPSA) is 71.9 Å². The molecule has 1 aromatic carbocycles. The lowest BCUT2D eigenvalue weighted by atomic mass is 10.0. The highest BCUT2D eigenvalue weighted by molar-refractivity contribution is 6.08. The number of rotatable bonds is 5. The van der Waals surface area contributed by atoms with E-state index in [0.717, 1.165) is 41.4 Å². The number of hydrogen-bond acceptors (Lipinski definition) is 3. The van der Waals surface area contributed by atoms with Gasteiger partial charge in [-0.15, -0.1) is 0 Å². The molecule has 134 valence electrons. The number of anilines is 1. The zero-order valence-electron chi connectivity index (χ0n) is 15.0. The Kier molecular flexibility index (Phi) is 4.24. The zero-order chi connectivity index (χ0) is 18.1. The second-order valence-electron chi connectivity index (χ2n) is 6.59. The maximum Gasteiger partial charge on any atom is 0.257 e. The van der Waals surface area contributed by atoms with E-state index in [9.17, 15) is 4.79 Å². The first-order valence-electron chi connectivity index (χ1n) is 8.95. The summed E-state index contributed by atoms with van der Waals surface area (Å²) in [5.74, 6) is 1.50. The molecule has 0 unspecified atom stereocenters. The lowest BCUT2D eigenvalue weighted by Crippen LogP contribution is -2.18. The number of H-pyrrole nitrogens is 1. The molecule has 0 radical (unpaired) electrons. The number of carbonyl (C=O) groups excluding carboxylic acids is 1. The molecule has 0 fully saturated rings. The van der Waals surface area contributed by atoms with Crippen molar-refractivity contribution in [3.8, 4) is 17.1 Å². The van der Waals surface area contributed by atoms with Gasteiger partial charge in [-0.3, -0.25) is 4.79 Å². The fourth-order valence-corrected chi connectivity index (χ4v) is 3.37. The van der Waals surface area contributed by atoms with Gasteiger partial charge in [0.25, 0.3) is 5.91 Å². The zero-order valence-corrected chi connectivity index (χ0v) is 15.0. The van der Waals surface area contributed by atoms with E-state index in [1.807, 2.05) is 30.5 Å². The molecule has 1 amide bonds. The first-order valence-corrected chi connectivity index (χ1v) is 8.95. The van der Waals surface area contributed by atoms with Crippen molar-refractivity contribution < 1.29 is 9.53 Å². The number of ether oxygens (including phenoxy) is 1. The highest BCUT2D eigenvalue weighted by Gasteiger charge is 2.28. The SMILES string of the molecule is CCCOc1ccc(NC(=O)c2c[nH]c3c2-c2nccn2[C@@H](C)C3)cc1. The first kappa shape index (κ1) is 16.4. The molecule has 3 heterocycles. The number of carbonyl (C=O) groups is 1. The van der Waals surface area contributed by atoms with E-state index in [1.165, 1.54) is 0 Å². The van der Waals surface area contributed by atoms with E-state index < -0.39 is 0 Å². The van der Waals surface area contributed by atoms with Gasteiger partial charge in [0, 0.05) is 42.4 Å². The Morgan fingerprint density at radius 3 is 2.96 bits per heavy atom. The molecule has 0 saturated carbocycles. The fraction of sp³-hybridized carbons (Fsp3) is 0.300. The second-order valence-corrected chi connectivity index (χ2v) is 6.59. The number of hydrogen-bond donors (Lipinski definition) is 2. The van der Waals surface area contributed by atoms with Crippen LogP contribution in [0.2, 0.25) is 0 Å². The van der Waals surface area contributed by atoms with Crippen molar-refractivity contribution in [1.29, 1.82) is 0 Å². The maximum atomic E-state index is 12.8. The van der Waals surface area contributed by atoms with Gasteiger partial charge in [0.2, 0.25) is 0 Å². The van der Waals surface area contributed by atoms with Gasteiger partial charge in [-0.05, 0) is 37.6 Å². The molecular weight excluding hydrogens is 328 g/mol. The summed E-state index contributed by atoms with van der Waals surface area (Å²) in [7, 11) is 0. The summed E-state index contributed by atoms with van der Waals surface area (Å²) < 4.78 is 7.69.